The summed E-state index contributed by atoms with van der Waals surface area (Å²) in [7, 11) is 0. The minimum absolute atomic E-state index is 0.0359. The number of hydrogen-bond donors (Lipinski definition) is 2. The van der Waals surface area contributed by atoms with E-state index in [2.05, 4.69) is 38.3 Å². The van der Waals surface area contributed by atoms with Crippen molar-refractivity contribution in [3.05, 3.63) is 71.8 Å². The molecule has 0 saturated heterocycles. The number of carbonyl (C=O) groups is 2. The predicted molar refractivity (Wildman–Crippen MR) is 124 cm³/mol. The Morgan fingerprint density at radius 3 is 1.17 bits per heavy atom. The molecule has 0 atom stereocenters. The van der Waals surface area contributed by atoms with Gasteiger partial charge in [-0.05, 0) is 62.8 Å². The largest absolute Gasteiger partial charge is 0.347 e. The molecule has 2 aromatic rings. The summed E-state index contributed by atoms with van der Waals surface area (Å²) >= 11 is 0. The van der Waals surface area contributed by atoms with E-state index >= 15 is 0 Å². The van der Waals surface area contributed by atoms with E-state index in [9.17, 15) is 9.59 Å². The first-order valence-electron chi connectivity index (χ1n) is 11.2. The second-order valence-corrected chi connectivity index (χ2v) is 8.12. The van der Waals surface area contributed by atoms with Crippen LogP contribution in [0.5, 0.6) is 0 Å². The van der Waals surface area contributed by atoms with Gasteiger partial charge in [0.1, 0.15) is 0 Å². The second-order valence-electron chi connectivity index (χ2n) is 8.12. The van der Waals surface area contributed by atoms with Gasteiger partial charge in [0.2, 0.25) is 0 Å². The van der Waals surface area contributed by atoms with Crippen molar-refractivity contribution in [1.82, 2.24) is 10.6 Å². The number of carbonyl (C=O) groups excluding carboxylic acids is 2. The molecule has 0 spiro atoms. The molecule has 0 unspecified atom stereocenters. The molecular formula is C26H36N2O2. The summed E-state index contributed by atoms with van der Waals surface area (Å²) in [5.41, 5.74) is 0.775. The number of rotatable bonds is 11. The Bertz CT molecular complexity index is 725. The van der Waals surface area contributed by atoms with Crippen LogP contribution in [0, 0.1) is 0 Å². The average Bonchev–Trinajstić information content (AvgIpc) is 2.81. The Labute approximate surface area is 181 Å². The summed E-state index contributed by atoms with van der Waals surface area (Å²) in [6.45, 7) is 8.49. The Balaban J connectivity index is 2.14. The summed E-state index contributed by atoms with van der Waals surface area (Å²) in [6, 6.07) is 18.7. The molecule has 0 bridgehead atoms. The van der Waals surface area contributed by atoms with Gasteiger partial charge in [0.25, 0.3) is 11.8 Å². The molecule has 2 rings (SSSR count). The van der Waals surface area contributed by atoms with Gasteiger partial charge in [-0.25, -0.2) is 0 Å². The van der Waals surface area contributed by atoms with Crippen molar-refractivity contribution in [2.24, 2.45) is 0 Å². The molecule has 30 heavy (non-hydrogen) atoms. The summed E-state index contributed by atoms with van der Waals surface area (Å²) < 4.78 is 0. The monoisotopic (exact) mass is 408 g/mol. The van der Waals surface area contributed by atoms with Gasteiger partial charge < -0.3 is 10.6 Å². The lowest BCUT2D eigenvalue weighted by atomic mass is 9.79. The van der Waals surface area contributed by atoms with Gasteiger partial charge in [0, 0.05) is 22.2 Å². The molecule has 0 radical (unpaired) electrons. The Morgan fingerprint density at radius 2 is 0.900 bits per heavy atom. The van der Waals surface area contributed by atoms with Crippen LogP contribution < -0.4 is 10.6 Å². The van der Waals surface area contributed by atoms with Crippen LogP contribution in [-0.2, 0) is 0 Å². The van der Waals surface area contributed by atoms with E-state index in [1.54, 1.807) is 0 Å². The van der Waals surface area contributed by atoms with E-state index in [1.807, 2.05) is 60.7 Å². The smallest absolute Gasteiger partial charge is 0.251 e. The lowest BCUT2D eigenvalue weighted by Gasteiger charge is -2.39. The van der Waals surface area contributed by atoms with E-state index in [1.165, 1.54) is 0 Å². The van der Waals surface area contributed by atoms with Gasteiger partial charge >= 0.3 is 0 Å². The van der Waals surface area contributed by atoms with Gasteiger partial charge in [0.15, 0.2) is 0 Å². The Morgan fingerprint density at radius 1 is 0.600 bits per heavy atom. The fraction of sp³-hybridized carbons (Fsp3) is 0.462. The zero-order valence-electron chi connectivity index (χ0n) is 18.8. The third-order valence-electron chi connectivity index (χ3n) is 6.62. The van der Waals surface area contributed by atoms with Crippen LogP contribution >= 0.6 is 0 Å². The van der Waals surface area contributed by atoms with Gasteiger partial charge in [0.05, 0.1) is 0 Å². The maximum Gasteiger partial charge on any atom is 0.251 e. The summed E-state index contributed by atoms with van der Waals surface area (Å²) in [5, 5.41) is 6.60. The molecule has 0 aliphatic rings. The van der Waals surface area contributed by atoms with Crippen molar-refractivity contribution in [2.75, 3.05) is 0 Å². The topological polar surface area (TPSA) is 58.2 Å². The summed E-state index contributed by atoms with van der Waals surface area (Å²) in [5.74, 6) is -0.0718. The molecule has 0 saturated carbocycles. The van der Waals surface area contributed by atoms with Crippen molar-refractivity contribution in [2.45, 2.75) is 77.3 Å². The molecule has 0 aromatic heterocycles. The zero-order valence-corrected chi connectivity index (χ0v) is 18.8. The number of amides is 2. The molecule has 2 N–H and O–H groups in total. The fourth-order valence-corrected chi connectivity index (χ4v) is 3.97. The minimum Gasteiger partial charge on any atom is -0.347 e. The second kappa shape index (κ2) is 11.0. The fourth-order valence-electron chi connectivity index (χ4n) is 3.97. The predicted octanol–water partition coefficient (Wildman–Crippen LogP) is 5.74. The van der Waals surface area contributed by atoms with Crippen molar-refractivity contribution in [1.29, 1.82) is 0 Å². The van der Waals surface area contributed by atoms with E-state index in [0.29, 0.717) is 11.1 Å². The normalized spacial score (nSPS) is 11.7. The SMILES string of the molecule is CCC(CC)(CCC(CC)(CC)NC(=O)c1ccccc1)NC(=O)c1ccccc1. The van der Waals surface area contributed by atoms with E-state index in [0.717, 1.165) is 38.5 Å². The van der Waals surface area contributed by atoms with Crippen molar-refractivity contribution < 1.29 is 9.59 Å². The first-order valence-corrected chi connectivity index (χ1v) is 11.2. The van der Waals surface area contributed by atoms with E-state index in [4.69, 9.17) is 0 Å². The Hall–Kier alpha value is -2.62. The first kappa shape index (κ1) is 23.7. The molecule has 0 aliphatic heterocycles. The number of hydrogen-bond acceptors (Lipinski definition) is 2. The highest BCUT2D eigenvalue weighted by Gasteiger charge is 2.35. The molecule has 4 nitrogen and oxygen atoms in total. The van der Waals surface area contributed by atoms with Gasteiger partial charge in [-0.1, -0.05) is 64.1 Å². The van der Waals surface area contributed by atoms with E-state index in [-0.39, 0.29) is 22.9 Å². The van der Waals surface area contributed by atoms with Crippen LogP contribution in [0.4, 0.5) is 0 Å². The number of benzene rings is 2. The van der Waals surface area contributed by atoms with Crippen molar-refractivity contribution in [3.8, 4) is 0 Å². The first-order chi connectivity index (χ1) is 14.4. The van der Waals surface area contributed by atoms with E-state index < -0.39 is 0 Å². The van der Waals surface area contributed by atoms with Crippen LogP contribution in [0.3, 0.4) is 0 Å². The lowest BCUT2D eigenvalue weighted by Crippen LogP contribution is -2.52. The lowest BCUT2D eigenvalue weighted by molar-refractivity contribution is 0.0830. The maximum absolute atomic E-state index is 12.8. The molecular weight excluding hydrogens is 372 g/mol. The third kappa shape index (κ3) is 5.94. The summed E-state index contributed by atoms with van der Waals surface area (Å²) in [4.78, 5) is 25.6. The molecule has 162 valence electrons. The highest BCUT2D eigenvalue weighted by Crippen LogP contribution is 2.30. The maximum atomic E-state index is 12.8. The molecule has 0 aliphatic carbocycles. The van der Waals surface area contributed by atoms with Gasteiger partial charge in [-0.3, -0.25) is 9.59 Å². The zero-order chi connectivity index (χ0) is 22.0. The molecule has 2 aromatic carbocycles. The number of nitrogens with one attached hydrogen (secondary N) is 2. The van der Waals surface area contributed by atoms with Crippen LogP contribution in [-0.4, -0.2) is 22.9 Å². The van der Waals surface area contributed by atoms with Crippen LogP contribution in [0.2, 0.25) is 0 Å². The molecule has 2 amide bonds. The molecule has 0 fully saturated rings. The average molecular weight is 409 g/mol. The highest BCUT2D eigenvalue weighted by atomic mass is 16.2. The van der Waals surface area contributed by atoms with Crippen LogP contribution in [0.1, 0.15) is 86.9 Å². The minimum atomic E-state index is -0.292. The molecule has 0 heterocycles. The molecule has 4 heteroatoms. The standard InChI is InChI=1S/C26H36N2O2/c1-5-25(6-2,27-23(29)21-15-11-9-12-16-21)19-20-26(7-3,8-4)28-24(30)22-17-13-10-14-18-22/h9-18H,5-8,19-20H2,1-4H3,(H,27,29)(H,28,30). The Kier molecular flexibility index (Phi) is 8.64. The van der Waals surface area contributed by atoms with Gasteiger partial charge in [-0.15, -0.1) is 0 Å². The van der Waals surface area contributed by atoms with Gasteiger partial charge in [-0.2, -0.15) is 0 Å². The van der Waals surface area contributed by atoms with Crippen LogP contribution in [0.25, 0.3) is 0 Å². The third-order valence-corrected chi connectivity index (χ3v) is 6.62. The van der Waals surface area contributed by atoms with Crippen LogP contribution in [0.15, 0.2) is 60.7 Å². The quantitative estimate of drug-likeness (QED) is 0.498. The van der Waals surface area contributed by atoms with Crippen molar-refractivity contribution in [3.63, 3.8) is 0 Å². The highest BCUT2D eigenvalue weighted by molar-refractivity contribution is 5.95. The summed E-state index contributed by atoms with van der Waals surface area (Å²) in [6.07, 6.45) is 5.01. The van der Waals surface area contributed by atoms with Crippen molar-refractivity contribution >= 4 is 11.8 Å².